The number of hydrogen-bond donors (Lipinski definition) is 0. The fraction of sp³-hybridized carbons (Fsp3) is 0.500. The molecular formula is C10H13N3OS2. The van der Waals surface area contributed by atoms with E-state index in [9.17, 15) is 0 Å². The van der Waals surface area contributed by atoms with Crippen LogP contribution in [0.25, 0.3) is 0 Å². The molecule has 2 rings (SSSR count). The first kappa shape index (κ1) is 11.6. The number of thioether (sulfide) groups is 1. The van der Waals surface area contributed by atoms with Crippen molar-refractivity contribution in [1.82, 2.24) is 15.1 Å². The predicted octanol–water partition coefficient (Wildman–Crippen LogP) is 3.25. The fourth-order valence-corrected chi connectivity index (χ4v) is 2.77. The van der Waals surface area contributed by atoms with Crippen molar-refractivity contribution in [3.05, 3.63) is 22.8 Å². The normalized spacial score (nSPS) is 11.2. The Labute approximate surface area is 102 Å². The van der Waals surface area contributed by atoms with Gasteiger partial charge in [0.25, 0.3) is 0 Å². The van der Waals surface area contributed by atoms with Crippen LogP contribution >= 0.6 is 23.1 Å². The molecule has 2 aromatic rings. The lowest BCUT2D eigenvalue weighted by atomic mass is 10.2. The third-order valence-corrected chi connectivity index (χ3v) is 4.04. The van der Waals surface area contributed by atoms with Crippen molar-refractivity contribution in [2.24, 2.45) is 0 Å². The van der Waals surface area contributed by atoms with Crippen LogP contribution < -0.4 is 0 Å². The van der Waals surface area contributed by atoms with Gasteiger partial charge in [0.1, 0.15) is 0 Å². The summed E-state index contributed by atoms with van der Waals surface area (Å²) in [7, 11) is 0. The average molecular weight is 255 g/mol. The molecule has 0 radical (unpaired) electrons. The second-order valence-electron chi connectivity index (χ2n) is 3.74. The summed E-state index contributed by atoms with van der Waals surface area (Å²) >= 11 is 3.27. The molecule has 6 heteroatoms. The van der Waals surface area contributed by atoms with E-state index in [4.69, 9.17) is 4.52 Å². The molecule has 16 heavy (non-hydrogen) atoms. The van der Waals surface area contributed by atoms with Gasteiger partial charge in [-0.25, -0.2) is 4.98 Å². The van der Waals surface area contributed by atoms with E-state index >= 15 is 0 Å². The Morgan fingerprint density at radius 2 is 2.25 bits per heavy atom. The molecule has 0 saturated heterocycles. The van der Waals surface area contributed by atoms with Crippen molar-refractivity contribution in [1.29, 1.82) is 0 Å². The van der Waals surface area contributed by atoms with Crippen LogP contribution in [0.5, 0.6) is 0 Å². The lowest BCUT2D eigenvalue weighted by Gasteiger charge is -1.92. The Morgan fingerprint density at radius 3 is 2.81 bits per heavy atom. The highest BCUT2D eigenvalue weighted by molar-refractivity contribution is 8.00. The standard InChI is InChI=1S/C10H13N3OS2/c1-6(2)9-12-8(14-13-9)5-16-10-11-7(3)4-15-10/h4,6H,5H2,1-3H3. The minimum absolute atomic E-state index is 0.310. The van der Waals surface area contributed by atoms with Crippen molar-refractivity contribution < 1.29 is 4.52 Å². The van der Waals surface area contributed by atoms with E-state index in [2.05, 4.69) is 15.1 Å². The van der Waals surface area contributed by atoms with Crippen LogP contribution in [0.4, 0.5) is 0 Å². The van der Waals surface area contributed by atoms with Crippen LogP contribution in [0.2, 0.25) is 0 Å². The molecule has 0 unspecified atom stereocenters. The summed E-state index contributed by atoms with van der Waals surface area (Å²) in [4.78, 5) is 8.67. The summed E-state index contributed by atoms with van der Waals surface area (Å²) in [6, 6.07) is 0. The van der Waals surface area contributed by atoms with Gasteiger partial charge in [-0.05, 0) is 6.92 Å². The van der Waals surface area contributed by atoms with Gasteiger partial charge >= 0.3 is 0 Å². The van der Waals surface area contributed by atoms with Gasteiger partial charge in [0, 0.05) is 17.0 Å². The predicted molar refractivity (Wildman–Crippen MR) is 64.8 cm³/mol. The van der Waals surface area contributed by atoms with E-state index in [1.54, 1.807) is 23.1 Å². The SMILES string of the molecule is Cc1csc(SCc2nc(C(C)C)no2)n1. The maximum Gasteiger partial charge on any atom is 0.237 e. The fourth-order valence-electron chi connectivity index (χ4n) is 1.08. The van der Waals surface area contributed by atoms with Crippen LogP contribution in [0, 0.1) is 6.92 Å². The van der Waals surface area contributed by atoms with E-state index in [0.717, 1.165) is 15.9 Å². The molecule has 4 nitrogen and oxygen atoms in total. The van der Waals surface area contributed by atoms with Gasteiger partial charge in [-0.15, -0.1) is 11.3 Å². The Bertz CT molecular complexity index is 464. The maximum atomic E-state index is 5.15. The van der Waals surface area contributed by atoms with Crippen molar-refractivity contribution in [2.45, 2.75) is 36.8 Å². The number of aryl methyl sites for hydroxylation is 1. The highest BCUT2D eigenvalue weighted by Gasteiger charge is 2.10. The molecule has 0 aliphatic heterocycles. The third kappa shape index (κ3) is 2.82. The monoisotopic (exact) mass is 255 g/mol. The van der Waals surface area contributed by atoms with Crippen molar-refractivity contribution >= 4 is 23.1 Å². The second kappa shape index (κ2) is 4.97. The van der Waals surface area contributed by atoms with Crippen LogP contribution in [-0.2, 0) is 5.75 Å². The van der Waals surface area contributed by atoms with Crippen molar-refractivity contribution in [2.75, 3.05) is 0 Å². The van der Waals surface area contributed by atoms with E-state index in [1.165, 1.54) is 0 Å². The Balaban J connectivity index is 1.94. The number of hydrogen-bond acceptors (Lipinski definition) is 6. The summed E-state index contributed by atoms with van der Waals surface area (Å²) in [5, 5.41) is 5.95. The summed E-state index contributed by atoms with van der Waals surface area (Å²) < 4.78 is 6.19. The average Bonchev–Trinajstić information content (AvgIpc) is 2.83. The van der Waals surface area contributed by atoms with E-state index < -0.39 is 0 Å². The van der Waals surface area contributed by atoms with Gasteiger partial charge in [0.15, 0.2) is 10.2 Å². The van der Waals surface area contributed by atoms with Crippen LogP contribution in [-0.4, -0.2) is 15.1 Å². The summed E-state index contributed by atoms with van der Waals surface area (Å²) in [5.41, 5.74) is 1.06. The second-order valence-corrected chi connectivity index (χ2v) is 5.83. The topological polar surface area (TPSA) is 51.8 Å². The number of rotatable bonds is 4. The van der Waals surface area contributed by atoms with Crippen LogP contribution in [0.15, 0.2) is 14.2 Å². The van der Waals surface area contributed by atoms with E-state index in [-0.39, 0.29) is 0 Å². The van der Waals surface area contributed by atoms with E-state index in [0.29, 0.717) is 17.6 Å². The summed E-state index contributed by atoms with van der Waals surface area (Å²) in [6.07, 6.45) is 0. The summed E-state index contributed by atoms with van der Waals surface area (Å²) in [6.45, 7) is 6.09. The van der Waals surface area contributed by atoms with Gasteiger partial charge in [0.2, 0.25) is 5.89 Å². The number of thiazole rings is 1. The minimum Gasteiger partial charge on any atom is -0.338 e. The molecule has 0 aliphatic rings. The zero-order valence-electron chi connectivity index (χ0n) is 9.43. The van der Waals surface area contributed by atoms with E-state index in [1.807, 2.05) is 26.2 Å². The number of nitrogens with zero attached hydrogens (tertiary/aromatic N) is 3. The molecule has 0 atom stereocenters. The molecule has 2 aromatic heterocycles. The van der Waals surface area contributed by atoms with Crippen LogP contribution in [0.1, 0.15) is 37.2 Å². The Kier molecular flexibility index (Phi) is 3.60. The Morgan fingerprint density at radius 1 is 1.44 bits per heavy atom. The Hall–Kier alpha value is -0.880. The lowest BCUT2D eigenvalue weighted by molar-refractivity contribution is 0.383. The van der Waals surface area contributed by atoms with Gasteiger partial charge < -0.3 is 4.52 Å². The molecule has 0 N–H and O–H groups in total. The van der Waals surface area contributed by atoms with Crippen molar-refractivity contribution in [3.8, 4) is 0 Å². The molecule has 0 bridgehead atoms. The largest absolute Gasteiger partial charge is 0.338 e. The molecule has 0 saturated carbocycles. The molecule has 0 aromatic carbocycles. The zero-order valence-corrected chi connectivity index (χ0v) is 11.1. The summed E-state index contributed by atoms with van der Waals surface area (Å²) in [5.74, 6) is 2.43. The molecule has 0 aliphatic carbocycles. The molecule has 0 amide bonds. The molecule has 2 heterocycles. The van der Waals surface area contributed by atoms with Gasteiger partial charge in [-0.2, -0.15) is 4.98 Å². The third-order valence-electron chi connectivity index (χ3n) is 1.92. The quantitative estimate of drug-likeness (QED) is 0.785. The molecule has 86 valence electrons. The van der Waals surface area contributed by atoms with Crippen LogP contribution in [0.3, 0.4) is 0 Å². The maximum absolute atomic E-state index is 5.15. The highest BCUT2D eigenvalue weighted by Crippen LogP contribution is 2.25. The van der Waals surface area contributed by atoms with Crippen molar-refractivity contribution in [3.63, 3.8) is 0 Å². The zero-order chi connectivity index (χ0) is 11.5. The van der Waals surface area contributed by atoms with Gasteiger partial charge in [0.05, 0.1) is 5.75 Å². The van der Waals surface area contributed by atoms with Gasteiger partial charge in [-0.1, -0.05) is 30.8 Å². The molecular weight excluding hydrogens is 242 g/mol. The first-order chi connectivity index (χ1) is 7.65. The minimum atomic E-state index is 0.310. The first-order valence-corrected chi connectivity index (χ1v) is 6.89. The number of aromatic nitrogens is 3. The highest BCUT2D eigenvalue weighted by atomic mass is 32.2. The van der Waals surface area contributed by atoms with Gasteiger partial charge in [-0.3, -0.25) is 0 Å². The lowest BCUT2D eigenvalue weighted by Crippen LogP contribution is -1.90. The smallest absolute Gasteiger partial charge is 0.237 e. The first-order valence-electron chi connectivity index (χ1n) is 5.02. The molecule has 0 fully saturated rings. The molecule has 0 spiro atoms.